The van der Waals surface area contributed by atoms with Crippen LogP contribution in [0.1, 0.15) is 21.7 Å². The summed E-state index contributed by atoms with van der Waals surface area (Å²) in [6.45, 7) is 2.22. The number of benzene rings is 1. The van der Waals surface area contributed by atoms with Crippen LogP contribution in [-0.2, 0) is 6.54 Å². The Balaban J connectivity index is 2.19. The second-order valence-electron chi connectivity index (χ2n) is 4.55. The Morgan fingerprint density at radius 2 is 1.95 bits per heavy atom. The Labute approximate surface area is 111 Å². The van der Waals surface area contributed by atoms with Crippen molar-refractivity contribution in [3.8, 4) is 0 Å². The molecule has 6 nitrogen and oxygen atoms in total. The summed E-state index contributed by atoms with van der Waals surface area (Å²) in [6.07, 6.45) is 0. The lowest BCUT2D eigenvalue weighted by molar-refractivity contribution is 0.0689. The molecule has 0 aliphatic heterocycles. The fourth-order valence-corrected chi connectivity index (χ4v) is 1.78. The second-order valence-corrected chi connectivity index (χ2v) is 4.55. The summed E-state index contributed by atoms with van der Waals surface area (Å²) in [7, 11) is 3.96. The van der Waals surface area contributed by atoms with Gasteiger partial charge in [0.15, 0.2) is 5.69 Å². The van der Waals surface area contributed by atoms with E-state index in [0.29, 0.717) is 12.2 Å². The van der Waals surface area contributed by atoms with Crippen LogP contribution in [-0.4, -0.2) is 40.2 Å². The molecule has 19 heavy (non-hydrogen) atoms. The molecule has 0 aliphatic rings. The van der Waals surface area contributed by atoms with Gasteiger partial charge in [-0.25, -0.2) is 9.48 Å². The molecule has 0 atom stereocenters. The van der Waals surface area contributed by atoms with Gasteiger partial charge in [-0.3, -0.25) is 0 Å². The van der Waals surface area contributed by atoms with Crippen LogP contribution in [0.25, 0.3) is 0 Å². The van der Waals surface area contributed by atoms with Gasteiger partial charge in [0.1, 0.15) is 0 Å². The summed E-state index contributed by atoms with van der Waals surface area (Å²) >= 11 is 0. The summed E-state index contributed by atoms with van der Waals surface area (Å²) in [5.41, 5.74) is 2.73. The lowest BCUT2D eigenvalue weighted by Crippen LogP contribution is -2.09. The molecule has 6 heteroatoms. The van der Waals surface area contributed by atoms with E-state index in [2.05, 4.69) is 10.3 Å². The highest BCUT2D eigenvalue weighted by Crippen LogP contribution is 2.14. The van der Waals surface area contributed by atoms with Crippen LogP contribution in [0.4, 0.5) is 5.69 Å². The molecule has 0 aliphatic carbocycles. The molecule has 0 unspecified atom stereocenters. The van der Waals surface area contributed by atoms with Crippen molar-refractivity contribution in [2.24, 2.45) is 0 Å². The van der Waals surface area contributed by atoms with E-state index in [-0.39, 0.29) is 5.69 Å². The van der Waals surface area contributed by atoms with Gasteiger partial charge in [0.2, 0.25) is 0 Å². The van der Waals surface area contributed by atoms with Crippen LogP contribution < -0.4 is 4.90 Å². The van der Waals surface area contributed by atoms with Crippen molar-refractivity contribution >= 4 is 11.7 Å². The average molecular weight is 260 g/mol. The van der Waals surface area contributed by atoms with Gasteiger partial charge in [-0.2, -0.15) is 0 Å². The number of hydrogen-bond donors (Lipinski definition) is 1. The molecule has 1 N–H and O–H groups in total. The zero-order valence-corrected chi connectivity index (χ0v) is 11.2. The first kappa shape index (κ1) is 13.1. The third-order valence-corrected chi connectivity index (χ3v) is 2.97. The molecule has 0 saturated carbocycles. The zero-order valence-electron chi connectivity index (χ0n) is 11.2. The summed E-state index contributed by atoms with van der Waals surface area (Å²) < 4.78 is 1.59. The van der Waals surface area contributed by atoms with Crippen LogP contribution in [0.15, 0.2) is 24.3 Å². The SMILES string of the molecule is Cc1c(C(=O)O)nnn1Cc1ccc(N(C)C)cc1. The van der Waals surface area contributed by atoms with Gasteiger partial charge < -0.3 is 10.0 Å². The molecule has 0 saturated heterocycles. The minimum absolute atomic E-state index is 0.00455. The van der Waals surface area contributed by atoms with Crippen molar-refractivity contribution in [2.75, 3.05) is 19.0 Å². The van der Waals surface area contributed by atoms with E-state index >= 15 is 0 Å². The van der Waals surface area contributed by atoms with E-state index in [1.165, 1.54) is 0 Å². The van der Waals surface area contributed by atoms with Crippen molar-refractivity contribution in [3.05, 3.63) is 41.2 Å². The molecule has 0 bridgehead atoms. The molecule has 0 fully saturated rings. The number of aromatic nitrogens is 3. The predicted octanol–water partition coefficient (Wildman–Crippen LogP) is 1.40. The highest BCUT2D eigenvalue weighted by atomic mass is 16.4. The molecule has 1 aromatic carbocycles. The van der Waals surface area contributed by atoms with E-state index in [1.54, 1.807) is 11.6 Å². The first-order valence-electron chi connectivity index (χ1n) is 5.88. The normalized spacial score (nSPS) is 10.5. The first-order chi connectivity index (χ1) is 8.99. The Morgan fingerprint density at radius 1 is 1.32 bits per heavy atom. The molecule has 2 rings (SSSR count). The van der Waals surface area contributed by atoms with E-state index in [4.69, 9.17) is 5.11 Å². The fourth-order valence-electron chi connectivity index (χ4n) is 1.78. The molecule has 0 amide bonds. The van der Waals surface area contributed by atoms with Crippen LogP contribution >= 0.6 is 0 Å². The molecule has 2 aromatic rings. The monoisotopic (exact) mass is 260 g/mol. The van der Waals surface area contributed by atoms with E-state index < -0.39 is 5.97 Å². The van der Waals surface area contributed by atoms with Gasteiger partial charge in [0.25, 0.3) is 0 Å². The number of carbonyl (C=O) groups is 1. The highest BCUT2D eigenvalue weighted by molar-refractivity contribution is 5.86. The van der Waals surface area contributed by atoms with E-state index in [1.807, 2.05) is 43.3 Å². The lowest BCUT2D eigenvalue weighted by Gasteiger charge is -2.12. The van der Waals surface area contributed by atoms with Crippen LogP contribution in [0.3, 0.4) is 0 Å². The summed E-state index contributed by atoms with van der Waals surface area (Å²) in [5.74, 6) is -1.05. The van der Waals surface area contributed by atoms with Crippen LogP contribution in [0.5, 0.6) is 0 Å². The molecule has 1 heterocycles. The summed E-state index contributed by atoms with van der Waals surface area (Å²) in [4.78, 5) is 12.9. The van der Waals surface area contributed by atoms with E-state index in [9.17, 15) is 4.79 Å². The number of rotatable bonds is 4. The minimum Gasteiger partial charge on any atom is -0.476 e. The largest absolute Gasteiger partial charge is 0.476 e. The minimum atomic E-state index is -1.05. The van der Waals surface area contributed by atoms with Crippen molar-refractivity contribution < 1.29 is 9.90 Å². The molecular weight excluding hydrogens is 244 g/mol. The van der Waals surface area contributed by atoms with Crippen molar-refractivity contribution in [3.63, 3.8) is 0 Å². The average Bonchev–Trinajstić information content (AvgIpc) is 2.72. The van der Waals surface area contributed by atoms with Crippen molar-refractivity contribution in [1.29, 1.82) is 0 Å². The van der Waals surface area contributed by atoms with Gasteiger partial charge >= 0.3 is 5.97 Å². The summed E-state index contributed by atoms with van der Waals surface area (Å²) in [5, 5.41) is 16.4. The van der Waals surface area contributed by atoms with Gasteiger partial charge in [0.05, 0.1) is 12.2 Å². The van der Waals surface area contributed by atoms with Gasteiger partial charge in [-0.15, -0.1) is 5.10 Å². The number of hydrogen-bond acceptors (Lipinski definition) is 4. The van der Waals surface area contributed by atoms with E-state index in [0.717, 1.165) is 11.3 Å². The smallest absolute Gasteiger partial charge is 0.358 e. The fraction of sp³-hybridized carbons (Fsp3) is 0.308. The number of nitrogens with zero attached hydrogens (tertiary/aromatic N) is 4. The van der Waals surface area contributed by atoms with Crippen molar-refractivity contribution in [1.82, 2.24) is 15.0 Å². The molecule has 0 radical (unpaired) electrons. The second kappa shape index (κ2) is 5.09. The molecule has 1 aromatic heterocycles. The molecule has 100 valence electrons. The zero-order chi connectivity index (χ0) is 14.0. The first-order valence-corrected chi connectivity index (χ1v) is 5.88. The van der Waals surface area contributed by atoms with Gasteiger partial charge in [0, 0.05) is 19.8 Å². The van der Waals surface area contributed by atoms with Crippen LogP contribution in [0, 0.1) is 6.92 Å². The quantitative estimate of drug-likeness (QED) is 0.899. The number of aromatic carboxylic acids is 1. The maximum absolute atomic E-state index is 10.9. The maximum Gasteiger partial charge on any atom is 0.358 e. The van der Waals surface area contributed by atoms with Gasteiger partial charge in [-0.05, 0) is 24.6 Å². The predicted molar refractivity (Wildman–Crippen MR) is 71.6 cm³/mol. The number of carboxylic acids is 1. The summed E-state index contributed by atoms with van der Waals surface area (Å²) in [6, 6.07) is 8.02. The third kappa shape index (κ3) is 2.73. The third-order valence-electron chi connectivity index (χ3n) is 2.97. The number of carboxylic acid groups (broad SMARTS) is 1. The van der Waals surface area contributed by atoms with Gasteiger partial charge in [-0.1, -0.05) is 17.3 Å². The Morgan fingerprint density at radius 3 is 2.42 bits per heavy atom. The standard InChI is InChI=1S/C13H16N4O2/c1-9-12(13(18)19)14-15-17(9)8-10-4-6-11(7-5-10)16(2)3/h4-7H,8H2,1-3H3,(H,18,19). The maximum atomic E-state index is 10.9. The topological polar surface area (TPSA) is 71.2 Å². The molecule has 0 spiro atoms. The Bertz CT molecular complexity index is 587. The Hall–Kier alpha value is -2.37. The van der Waals surface area contributed by atoms with Crippen LogP contribution in [0.2, 0.25) is 0 Å². The molecular formula is C13H16N4O2. The lowest BCUT2D eigenvalue weighted by atomic mass is 10.2. The Kier molecular flexibility index (Phi) is 3.50. The number of anilines is 1. The highest BCUT2D eigenvalue weighted by Gasteiger charge is 2.14. The van der Waals surface area contributed by atoms with Crippen molar-refractivity contribution in [2.45, 2.75) is 13.5 Å².